The topological polar surface area (TPSA) is 57.7 Å². The highest BCUT2D eigenvalue weighted by molar-refractivity contribution is 8.93. The summed E-state index contributed by atoms with van der Waals surface area (Å²) in [5, 5.41) is 23.8. The molecule has 0 saturated heterocycles. The molecule has 5 nitrogen and oxygen atoms in total. The third kappa shape index (κ3) is 3.36. The molecule has 4 heterocycles. The Hall–Kier alpha value is -1.56. The number of hydrogen-bond acceptors (Lipinski definition) is 6. The second-order valence-electron chi connectivity index (χ2n) is 6.04. The van der Waals surface area contributed by atoms with Crippen LogP contribution >= 0.6 is 40.1 Å². The van der Waals surface area contributed by atoms with Gasteiger partial charge in [0.25, 0.3) is 0 Å². The summed E-state index contributed by atoms with van der Waals surface area (Å²) in [7, 11) is 0. The molecule has 0 spiro atoms. The summed E-state index contributed by atoms with van der Waals surface area (Å²) in [6, 6.07) is 6.59. The molecule has 2 aliphatic heterocycles. The summed E-state index contributed by atoms with van der Waals surface area (Å²) < 4.78 is 2.15. The number of thioether (sulfide) groups is 1. The number of nitrogens with zero attached hydrogens (tertiary/aromatic N) is 5. The summed E-state index contributed by atoms with van der Waals surface area (Å²) in [6.07, 6.45) is 4.43. The van der Waals surface area contributed by atoms with Crippen molar-refractivity contribution >= 4 is 51.4 Å². The highest BCUT2D eigenvalue weighted by Gasteiger charge is 2.28. The zero-order chi connectivity index (χ0) is 17.2. The number of aromatic nitrogens is 3. The number of hydrogen-bond donors (Lipinski definition) is 0. The molecule has 0 atom stereocenters. The number of nitriles is 1. The van der Waals surface area contributed by atoms with Crippen LogP contribution in [0.5, 0.6) is 0 Å². The van der Waals surface area contributed by atoms with Crippen molar-refractivity contribution in [2.45, 2.75) is 39.2 Å². The van der Waals surface area contributed by atoms with Gasteiger partial charge in [0.15, 0.2) is 5.82 Å². The van der Waals surface area contributed by atoms with Gasteiger partial charge in [-0.05, 0) is 31.2 Å². The second-order valence-corrected chi connectivity index (χ2v) is 7.84. The molecule has 4 rings (SSSR count). The smallest absolute Gasteiger partial charge is 0.177 e. The lowest BCUT2D eigenvalue weighted by Crippen LogP contribution is -2.17. The molecular weight excluding hydrogens is 430 g/mol. The van der Waals surface area contributed by atoms with Gasteiger partial charge < -0.3 is 9.47 Å². The molecule has 2 aliphatic rings. The van der Waals surface area contributed by atoms with E-state index in [-0.39, 0.29) is 17.0 Å². The number of aryl methyl sites for hydroxylation is 1. The van der Waals surface area contributed by atoms with E-state index >= 15 is 0 Å². The van der Waals surface area contributed by atoms with Gasteiger partial charge in [-0.3, -0.25) is 0 Å². The maximum absolute atomic E-state index is 9.91. The van der Waals surface area contributed by atoms with Crippen LogP contribution in [-0.2, 0) is 13.0 Å². The van der Waals surface area contributed by atoms with Gasteiger partial charge in [-0.15, -0.1) is 38.5 Å². The molecule has 0 aliphatic carbocycles. The first kappa shape index (κ1) is 19.2. The van der Waals surface area contributed by atoms with Gasteiger partial charge in [0.1, 0.15) is 22.5 Å². The predicted molar refractivity (Wildman–Crippen MR) is 113 cm³/mol. The van der Waals surface area contributed by atoms with Gasteiger partial charge in [-0.1, -0.05) is 24.2 Å². The van der Waals surface area contributed by atoms with Crippen LogP contribution in [0.2, 0.25) is 0 Å². The third-order valence-corrected chi connectivity index (χ3v) is 6.45. The third-order valence-electron chi connectivity index (χ3n) is 4.57. The van der Waals surface area contributed by atoms with E-state index in [1.165, 1.54) is 17.0 Å². The fourth-order valence-corrected chi connectivity index (χ4v) is 5.25. The molecule has 0 radical (unpaired) electrons. The zero-order valence-corrected chi connectivity index (χ0v) is 17.9. The molecule has 8 heteroatoms. The van der Waals surface area contributed by atoms with Gasteiger partial charge in [-0.2, -0.15) is 5.26 Å². The summed E-state index contributed by atoms with van der Waals surface area (Å²) >= 11 is 3.34. The van der Waals surface area contributed by atoms with Crippen molar-refractivity contribution in [3.05, 3.63) is 44.5 Å². The van der Waals surface area contributed by atoms with Crippen LogP contribution in [0.25, 0.3) is 11.3 Å². The lowest BCUT2D eigenvalue weighted by molar-refractivity contribution is 0.558. The normalized spacial score (nSPS) is 18.5. The molecular formula is C18H20BrN5S2. The Kier molecular flexibility index (Phi) is 6.22. The number of halogens is 1. The fraction of sp³-hybridized carbons (Fsp3) is 0.389. The summed E-state index contributed by atoms with van der Waals surface area (Å²) in [6.45, 7) is 3.84. The van der Waals surface area contributed by atoms with Gasteiger partial charge in [0.2, 0.25) is 0 Å². The van der Waals surface area contributed by atoms with Crippen LogP contribution in [-0.4, -0.2) is 26.2 Å². The van der Waals surface area contributed by atoms with Crippen LogP contribution in [0.1, 0.15) is 42.7 Å². The van der Waals surface area contributed by atoms with Crippen molar-refractivity contribution in [2.75, 3.05) is 6.54 Å². The Morgan fingerprint density at radius 3 is 2.92 bits per heavy atom. The Morgan fingerprint density at radius 2 is 2.19 bits per heavy atom. The Morgan fingerprint density at radius 1 is 1.31 bits per heavy atom. The van der Waals surface area contributed by atoms with E-state index in [9.17, 15) is 5.26 Å². The van der Waals surface area contributed by atoms with Crippen molar-refractivity contribution in [2.24, 2.45) is 0 Å². The molecule has 0 bridgehead atoms. The summed E-state index contributed by atoms with van der Waals surface area (Å²) in [5.41, 5.74) is 1.80. The molecule has 0 amide bonds. The molecule has 0 saturated carbocycles. The fourth-order valence-electron chi connectivity index (χ4n) is 3.33. The minimum absolute atomic E-state index is 0. The van der Waals surface area contributed by atoms with Gasteiger partial charge >= 0.3 is 0 Å². The first-order chi connectivity index (χ1) is 12.3. The van der Waals surface area contributed by atoms with Gasteiger partial charge in [0.05, 0.1) is 10.6 Å². The van der Waals surface area contributed by atoms with E-state index in [1.807, 2.05) is 0 Å². The maximum Gasteiger partial charge on any atom is 0.177 e. The highest BCUT2D eigenvalue weighted by atomic mass is 79.9. The number of thiophene rings is 1. The van der Waals surface area contributed by atoms with Crippen molar-refractivity contribution in [1.29, 1.82) is 5.26 Å². The molecule has 0 unspecified atom stereocenters. The average Bonchev–Trinajstić information content (AvgIpc) is 3.34. The molecule has 0 aromatic carbocycles. The molecule has 26 heavy (non-hydrogen) atoms. The first-order valence-corrected chi connectivity index (χ1v) is 10.3. The summed E-state index contributed by atoms with van der Waals surface area (Å²) in [5.74, 6) is 1.74. The molecule has 0 N–H and O–H groups in total. The number of rotatable bonds is 3. The van der Waals surface area contributed by atoms with E-state index in [0.29, 0.717) is 5.57 Å². The van der Waals surface area contributed by atoms with E-state index in [2.05, 4.69) is 55.6 Å². The lowest BCUT2D eigenvalue weighted by Gasteiger charge is -2.22. The Balaban J connectivity index is 0.00000196. The van der Waals surface area contributed by atoms with E-state index in [0.717, 1.165) is 49.0 Å². The van der Waals surface area contributed by atoms with Crippen LogP contribution in [0.4, 0.5) is 0 Å². The summed E-state index contributed by atoms with van der Waals surface area (Å²) in [4.78, 5) is 3.44. The minimum atomic E-state index is 0. The van der Waals surface area contributed by atoms with Gasteiger partial charge in [-0.25, -0.2) is 0 Å². The largest absolute Gasteiger partial charge is 0.333 e. The van der Waals surface area contributed by atoms with Crippen molar-refractivity contribution in [1.82, 2.24) is 19.7 Å². The quantitative estimate of drug-likeness (QED) is 0.623. The predicted octanol–water partition coefficient (Wildman–Crippen LogP) is 4.90. The van der Waals surface area contributed by atoms with Crippen molar-refractivity contribution < 1.29 is 0 Å². The standard InChI is InChI=1S/C18H19N5S2.BrH/c1-2-22-14(15-7-6-10-24-15)12-25-18(22)13(11-19)17-21-20-16-8-4-3-5-9-23(16)17;/h6-7,10,12H,2-5,8-9H2,1H3;1H/b18-13+;. The molecule has 2 aromatic heterocycles. The zero-order valence-electron chi connectivity index (χ0n) is 14.5. The first-order valence-electron chi connectivity index (χ1n) is 8.58. The van der Waals surface area contributed by atoms with Crippen LogP contribution in [0.15, 0.2) is 27.9 Å². The Bertz CT molecular complexity index is 876. The molecule has 2 aromatic rings. The van der Waals surface area contributed by atoms with Crippen LogP contribution < -0.4 is 0 Å². The number of allylic oxidation sites excluding steroid dienone is 1. The molecule has 0 fully saturated rings. The molecule has 136 valence electrons. The van der Waals surface area contributed by atoms with Crippen molar-refractivity contribution in [3.63, 3.8) is 0 Å². The number of fused-ring (bicyclic) bond motifs is 1. The van der Waals surface area contributed by atoms with E-state index < -0.39 is 0 Å². The monoisotopic (exact) mass is 449 g/mol. The Labute approximate surface area is 172 Å². The minimum Gasteiger partial charge on any atom is -0.333 e. The second kappa shape index (κ2) is 8.42. The van der Waals surface area contributed by atoms with Gasteiger partial charge in [0, 0.05) is 24.9 Å². The highest BCUT2D eigenvalue weighted by Crippen LogP contribution is 2.43. The lowest BCUT2D eigenvalue weighted by atomic mass is 10.2. The SMILES string of the molecule is Br.CCN1C(c2cccs2)=CS/C1=C(\C#N)c1nnc2n1CCCCC2. The van der Waals surface area contributed by atoms with E-state index in [1.54, 1.807) is 23.1 Å². The van der Waals surface area contributed by atoms with Crippen LogP contribution in [0.3, 0.4) is 0 Å². The van der Waals surface area contributed by atoms with Crippen molar-refractivity contribution in [3.8, 4) is 6.07 Å². The maximum atomic E-state index is 9.91. The van der Waals surface area contributed by atoms with Crippen LogP contribution in [0, 0.1) is 11.3 Å². The average molecular weight is 450 g/mol. The van der Waals surface area contributed by atoms with E-state index in [4.69, 9.17) is 0 Å².